The Hall–Kier alpha value is -2.87. The smallest absolute Gasteiger partial charge is 0.255 e. The largest absolute Gasteiger partial charge is 0.484 e. The van der Waals surface area contributed by atoms with Gasteiger partial charge in [0.25, 0.3) is 11.8 Å². The van der Waals surface area contributed by atoms with Crippen molar-refractivity contribution in [2.45, 2.75) is 17.9 Å². The fourth-order valence-corrected chi connectivity index (χ4v) is 2.85. The second-order valence-corrected chi connectivity index (χ2v) is 7.83. The molecule has 2 rings (SSSR count). The van der Waals surface area contributed by atoms with Gasteiger partial charge in [0.2, 0.25) is 0 Å². The first kappa shape index (κ1) is 19.5. The third-order valence-corrected chi connectivity index (χ3v) is 4.78. The summed E-state index contributed by atoms with van der Waals surface area (Å²) < 4.78 is 28.1. The maximum absolute atomic E-state index is 12.3. The van der Waals surface area contributed by atoms with E-state index in [1.165, 1.54) is 12.1 Å². The van der Waals surface area contributed by atoms with Crippen LogP contribution >= 0.6 is 0 Å². The first-order chi connectivity index (χ1) is 12.2. The predicted molar refractivity (Wildman–Crippen MR) is 96.6 cm³/mol. The zero-order valence-corrected chi connectivity index (χ0v) is 15.2. The lowest BCUT2D eigenvalue weighted by Crippen LogP contribution is -2.26. The Morgan fingerprint density at radius 3 is 2.15 bits per heavy atom. The van der Waals surface area contributed by atoms with Crippen LogP contribution in [0.2, 0.25) is 0 Å². The van der Waals surface area contributed by atoms with Crippen molar-refractivity contribution in [1.82, 2.24) is 5.32 Å². The Labute approximate surface area is 152 Å². The SMILES string of the molecule is CC(NC(=O)c1ccc(OCC(N)=O)cc1)c1ccc(S(C)(=O)=O)cc1. The third kappa shape index (κ3) is 5.32. The second kappa shape index (κ2) is 8.01. The van der Waals surface area contributed by atoms with E-state index in [-0.39, 0.29) is 23.5 Å². The van der Waals surface area contributed by atoms with Crippen LogP contribution in [0.5, 0.6) is 5.75 Å². The molecule has 0 fully saturated rings. The molecule has 2 aromatic rings. The van der Waals surface area contributed by atoms with Crippen molar-refractivity contribution in [1.29, 1.82) is 0 Å². The molecule has 138 valence electrons. The van der Waals surface area contributed by atoms with E-state index in [0.29, 0.717) is 11.3 Å². The number of hydrogen-bond acceptors (Lipinski definition) is 5. The molecular weight excluding hydrogens is 356 g/mol. The summed E-state index contributed by atoms with van der Waals surface area (Å²) in [5, 5.41) is 2.84. The average Bonchev–Trinajstić information content (AvgIpc) is 2.59. The highest BCUT2D eigenvalue weighted by molar-refractivity contribution is 7.90. The van der Waals surface area contributed by atoms with Gasteiger partial charge in [0.1, 0.15) is 5.75 Å². The lowest BCUT2D eigenvalue weighted by atomic mass is 10.1. The highest BCUT2D eigenvalue weighted by Crippen LogP contribution is 2.18. The summed E-state index contributed by atoms with van der Waals surface area (Å²) >= 11 is 0. The standard InChI is InChI=1S/C18H20N2O5S/c1-12(13-5-9-16(10-6-13)26(2,23)24)20-18(22)14-3-7-15(8-4-14)25-11-17(19)21/h3-10,12H,11H2,1-2H3,(H2,19,21)(H,20,22). The number of sulfone groups is 1. The quantitative estimate of drug-likeness (QED) is 0.759. The average molecular weight is 376 g/mol. The lowest BCUT2D eigenvalue weighted by molar-refractivity contribution is -0.119. The molecule has 2 aromatic carbocycles. The van der Waals surface area contributed by atoms with E-state index in [9.17, 15) is 18.0 Å². The molecule has 1 unspecified atom stereocenters. The van der Waals surface area contributed by atoms with Crippen LogP contribution in [0.25, 0.3) is 0 Å². The summed E-state index contributed by atoms with van der Waals surface area (Å²) in [7, 11) is -3.25. The topological polar surface area (TPSA) is 116 Å². The van der Waals surface area contributed by atoms with E-state index in [0.717, 1.165) is 11.8 Å². The summed E-state index contributed by atoms with van der Waals surface area (Å²) in [6.45, 7) is 1.57. The Kier molecular flexibility index (Phi) is 5.99. The van der Waals surface area contributed by atoms with E-state index in [4.69, 9.17) is 10.5 Å². The van der Waals surface area contributed by atoms with Crippen molar-refractivity contribution in [2.75, 3.05) is 12.9 Å². The van der Waals surface area contributed by atoms with Crippen LogP contribution < -0.4 is 15.8 Å². The minimum absolute atomic E-state index is 0.228. The van der Waals surface area contributed by atoms with Crippen molar-refractivity contribution in [3.63, 3.8) is 0 Å². The molecule has 8 heteroatoms. The van der Waals surface area contributed by atoms with Crippen LogP contribution in [0.4, 0.5) is 0 Å². The Morgan fingerprint density at radius 1 is 1.08 bits per heavy atom. The molecule has 0 heterocycles. The molecule has 0 radical (unpaired) electrons. The van der Waals surface area contributed by atoms with Crippen molar-refractivity contribution in [2.24, 2.45) is 5.73 Å². The predicted octanol–water partition coefficient (Wildman–Crippen LogP) is 1.45. The zero-order chi connectivity index (χ0) is 19.3. The third-order valence-electron chi connectivity index (χ3n) is 3.65. The lowest BCUT2D eigenvalue weighted by Gasteiger charge is -2.15. The van der Waals surface area contributed by atoms with Gasteiger partial charge in [-0.3, -0.25) is 9.59 Å². The molecule has 2 amide bonds. The molecule has 0 saturated carbocycles. The Balaban J connectivity index is 2.01. The van der Waals surface area contributed by atoms with Crippen LogP contribution in [0.15, 0.2) is 53.4 Å². The number of primary amides is 1. The molecule has 0 aromatic heterocycles. The molecule has 26 heavy (non-hydrogen) atoms. The molecule has 0 aliphatic heterocycles. The van der Waals surface area contributed by atoms with Gasteiger partial charge in [-0.1, -0.05) is 12.1 Å². The number of amides is 2. The monoisotopic (exact) mass is 376 g/mol. The minimum atomic E-state index is -3.25. The summed E-state index contributed by atoms with van der Waals surface area (Å²) in [5.74, 6) is -0.432. The molecule has 0 aliphatic carbocycles. The van der Waals surface area contributed by atoms with Gasteiger partial charge in [0.05, 0.1) is 10.9 Å². The van der Waals surface area contributed by atoms with Gasteiger partial charge in [-0.15, -0.1) is 0 Å². The first-order valence-corrected chi connectivity index (χ1v) is 9.68. The number of hydrogen-bond donors (Lipinski definition) is 2. The number of nitrogens with one attached hydrogen (secondary N) is 1. The molecule has 3 N–H and O–H groups in total. The number of ether oxygens (including phenoxy) is 1. The highest BCUT2D eigenvalue weighted by atomic mass is 32.2. The van der Waals surface area contributed by atoms with Gasteiger partial charge in [0.15, 0.2) is 16.4 Å². The van der Waals surface area contributed by atoms with Crippen LogP contribution in [0.3, 0.4) is 0 Å². The van der Waals surface area contributed by atoms with Gasteiger partial charge in [-0.25, -0.2) is 8.42 Å². The first-order valence-electron chi connectivity index (χ1n) is 7.79. The summed E-state index contributed by atoms with van der Waals surface area (Å²) in [5.41, 5.74) is 6.21. The summed E-state index contributed by atoms with van der Waals surface area (Å²) in [4.78, 5) is 23.2. The molecule has 0 spiro atoms. The molecule has 0 bridgehead atoms. The van der Waals surface area contributed by atoms with Crippen molar-refractivity contribution in [3.8, 4) is 5.75 Å². The van der Waals surface area contributed by atoms with Crippen LogP contribution in [-0.4, -0.2) is 33.1 Å². The maximum Gasteiger partial charge on any atom is 0.255 e. The van der Waals surface area contributed by atoms with Gasteiger partial charge in [-0.05, 0) is 48.9 Å². The molecule has 7 nitrogen and oxygen atoms in total. The van der Waals surface area contributed by atoms with Gasteiger partial charge < -0.3 is 15.8 Å². The Morgan fingerprint density at radius 2 is 1.65 bits per heavy atom. The van der Waals surface area contributed by atoms with Crippen LogP contribution in [0.1, 0.15) is 28.9 Å². The van der Waals surface area contributed by atoms with Crippen molar-refractivity contribution in [3.05, 3.63) is 59.7 Å². The van der Waals surface area contributed by atoms with Crippen LogP contribution in [-0.2, 0) is 14.6 Å². The van der Waals surface area contributed by atoms with Crippen molar-refractivity contribution < 1.29 is 22.7 Å². The number of carbonyl (C=O) groups is 2. The fraction of sp³-hybridized carbons (Fsp3) is 0.222. The molecule has 0 saturated heterocycles. The van der Waals surface area contributed by atoms with Crippen LogP contribution in [0, 0.1) is 0 Å². The fourth-order valence-electron chi connectivity index (χ4n) is 2.22. The van der Waals surface area contributed by atoms with Gasteiger partial charge >= 0.3 is 0 Å². The van der Waals surface area contributed by atoms with E-state index < -0.39 is 15.7 Å². The van der Waals surface area contributed by atoms with E-state index >= 15 is 0 Å². The number of benzene rings is 2. The second-order valence-electron chi connectivity index (χ2n) is 5.82. The maximum atomic E-state index is 12.3. The molecular formula is C18H20N2O5S. The number of carbonyl (C=O) groups excluding carboxylic acids is 2. The Bertz CT molecular complexity index is 890. The van der Waals surface area contributed by atoms with Crippen molar-refractivity contribution >= 4 is 21.7 Å². The molecule has 1 atom stereocenters. The van der Waals surface area contributed by atoms with E-state index in [1.54, 1.807) is 43.3 Å². The normalized spacial score (nSPS) is 12.2. The zero-order valence-electron chi connectivity index (χ0n) is 14.4. The van der Waals surface area contributed by atoms with Gasteiger partial charge in [-0.2, -0.15) is 0 Å². The van der Waals surface area contributed by atoms with Gasteiger partial charge in [0, 0.05) is 11.8 Å². The summed E-state index contributed by atoms with van der Waals surface area (Å²) in [6.07, 6.45) is 1.14. The van der Waals surface area contributed by atoms with E-state index in [2.05, 4.69) is 5.32 Å². The minimum Gasteiger partial charge on any atom is -0.484 e. The van der Waals surface area contributed by atoms with E-state index in [1.807, 2.05) is 0 Å². The molecule has 0 aliphatic rings. The highest BCUT2D eigenvalue weighted by Gasteiger charge is 2.13. The summed E-state index contributed by atoms with van der Waals surface area (Å²) in [6, 6.07) is 12.4. The number of rotatable bonds is 7. The number of nitrogens with two attached hydrogens (primary N) is 1.